The van der Waals surface area contributed by atoms with Crippen molar-refractivity contribution in [2.45, 2.75) is 46.2 Å². The van der Waals surface area contributed by atoms with Gasteiger partial charge in [-0.05, 0) is 81.5 Å². The normalized spacial score (nSPS) is 21.2. The van der Waals surface area contributed by atoms with E-state index in [1.807, 2.05) is 12.3 Å². The molecule has 0 amide bonds. The van der Waals surface area contributed by atoms with Gasteiger partial charge in [0, 0.05) is 43.0 Å². The lowest BCUT2D eigenvalue weighted by molar-refractivity contribution is 0.231. The first-order chi connectivity index (χ1) is 15.5. The fourth-order valence-electron chi connectivity index (χ4n) is 5.31. The van der Waals surface area contributed by atoms with Gasteiger partial charge >= 0.3 is 0 Å². The van der Waals surface area contributed by atoms with Gasteiger partial charge in [0.05, 0.1) is 17.1 Å². The molecule has 3 aromatic rings. The molecule has 0 aliphatic carbocycles. The number of aromatic nitrogens is 2. The molecule has 5 rings (SSSR count). The Kier molecular flexibility index (Phi) is 5.60. The highest BCUT2D eigenvalue weighted by Crippen LogP contribution is 2.32. The lowest BCUT2D eigenvalue weighted by Crippen LogP contribution is -2.45. The van der Waals surface area contributed by atoms with Crippen molar-refractivity contribution in [1.29, 1.82) is 0 Å². The number of fused-ring (bicyclic) bond motifs is 2. The van der Waals surface area contributed by atoms with Gasteiger partial charge in [-0.3, -0.25) is 4.99 Å². The maximum atomic E-state index is 5.07. The lowest BCUT2D eigenvalue weighted by Gasteiger charge is -2.37. The van der Waals surface area contributed by atoms with Crippen LogP contribution in [0.1, 0.15) is 43.5 Å². The van der Waals surface area contributed by atoms with Crippen LogP contribution in [0.2, 0.25) is 0 Å². The van der Waals surface area contributed by atoms with Gasteiger partial charge < -0.3 is 14.8 Å². The summed E-state index contributed by atoms with van der Waals surface area (Å²) in [4.78, 5) is 12.1. The highest BCUT2D eigenvalue weighted by atomic mass is 15.2. The molecule has 1 N–H and O–H groups in total. The highest BCUT2D eigenvalue weighted by molar-refractivity contribution is 6.02. The van der Waals surface area contributed by atoms with Crippen molar-refractivity contribution in [3.05, 3.63) is 66.0 Å². The molecule has 2 saturated heterocycles. The molecule has 2 atom stereocenters. The number of hydrogen-bond donors (Lipinski definition) is 1. The van der Waals surface area contributed by atoms with Crippen molar-refractivity contribution in [2.24, 2.45) is 10.9 Å². The summed E-state index contributed by atoms with van der Waals surface area (Å²) in [5, 5.41) is 4.82. The molecule has 2 aliphatic heterocycles. The molecular weight excluding hydrogens is 394 g/mol. The number of aliphatic imine (C=N–C) groups is 1. The Morgan fingerprint density at radius 1 is 1.25 bits per heavy atom. The number of likely N-dealkylation sites (tertiary alicyclic amines) is 1. The fourth-order valence-corrected chi connectivity index (χ4v) is 5.31. The smallest absolute Gasteiger partial charge is 0.140 e. The molecule has 2 fully saturated rings. The van der Waals surface area contributed by atoms with E-state index < -0.39 is 0 Å². The number of nitrogens with one attached hydrogen (secondary N) is 1. The third-order valence-corrected chi connectivity index (χ3v) is 7.23. The second-order valence-corrected chi connectivity index (χ2v) is 9.18. The van der Waals surface area contributed by atoms with E-state index in [-0.39, 0.29) is 0 Å². The number of piperidine rings is 1. The van der Waals surface area contributed by atoms with Crippen molar-refractivity contribution >= 4 is 28.1 Å². The van der Waals surface area contributed by atoms with Crippen molar-refractivity contribution < 1.29 is 0 Å². The zero-order valence-corrected chi connectivity index (χ0v) is 19.4. The predicted octanol–water partition coefficient (Wildman–Crippen LogP) is 5.16. The molecule has 1 aromatic carbocycles. The fraction of sp³-hybridized carbons (Fsp3) is 0.407. The first-order valence-corrected chi connectivity index (χ1v) is 11.8. The molecule has 2 aromatic heterocycles. The summed E-state index contributed by atoms with van der Waals surface area (Å²) in [6.45, 7) is 15.0. The molecule has 32 heavy (non-hydrogen) atoms. The van der Waals surface area contributed by atoms with Gasteiger partial charge in [-0.25, -0.2) is 4.98 Å². The van der Waals surface area contributed by atoms with Crippen LogP contribution in [0.25, 0.3) is 16.7 Å². The molecule has 4 heterocycles. The summed E-state index contributed by atoms with van der Waals surface area (Å²) < 4.78 is 2.24. The van der Waals surface area contributed by atoms with E-state index in [0.717, 1.165) is 71.5 Å². The van der Waals surface area contributed by atoms with Gasteiger partial charge in [-0.2, -0.15) is 0 Å². The van der Waals surface area contributed by atoms with Gasteiger partial charge in [0.1, 0.15) is 5.65 Å². The zero-order valence-electron chi connectivity index (χ0n) is 19.4. The molecule has 5 heteroatoms. The minimum atomic E-state index is 0.607. The Labute approximate surface area is 190 Å². The zero-order chi connectivity index (χ0) is 22.2. The number of hydrogen-bond acceptors (Lipinski definition) is 4. The molecule has 0 bridgehead atoms. The monoisotopic (exact) mass is 427 g/mol. The third-order valence-electron chi connectivity index (χ3n) is 7.23. The summed E-state index contributed by atoms with van der Waals surface area (Å²) in [6.07, 6.45) is 4.42. The number of pyridine rings is 1. The summed E-state index contributed by atoms with van der Waals surface area (Å²) in [5.74, 6) is 0.833. The molecule has 5 nitrogen and oxygen atoms in total. The molecule has 0 radical (unpaired) electrons. The molecule has 0 saturated carbocycles. The van der Waals surface area contributed by atoms with Crippen LogP contribution in [-0.4, -0.2) is 45.8 Å². The third kappa shape index (κ3) is 3.75. The molecular formula is C27H33N5. The van der Waals surface area contributed by atoms with Crippen LogP contribution in [0.15, 0.2) is 54.2 Å². The maximum Gasteiger partial charge on any atom is 0.140 e. The van der Waals surface area contributed by atoms with E-state index in [9.17, 15) is 0 Å². The van der Waals surface area contributed by atoms with Crippen molar-refractivity contribution in [1.82, 2.24) is 19.8 Å². The van der Waals surface area contributed by atoms with Crippen molar-refractivity contribution in [2.75, 3.05) is 19.6 Å². The van der Waals surface area contributed by atoms with Crippen LogP contribution in [0.4, 0.5) is 5.69 Å². The molecule has 166 valence electrons. The van der Waals surface area contributed by atoms with E-state index in [1.54, 1.807) is 0 Å². The van der Waals surface area contributed by atoms with Gasteiger partial charge in [-0.15, -0.1) is 0 Å². The second-order valence-electron chi connectivity index (χ2n) is 9.18. The first kappa shape index (κ1) is 21.0. The average molecular weight is 428 g/mol. The van der Waals surface area contributed by atoms with Gasteiger partial charge in [-0.1, -0.05) is 18.7 Å². The van der Waals surface area contributed by atoms with Crippen LogP contribution in [0.5, 0.6) is 0 Å². The van der Waals surface area contributed by atoms with Crippen LogP contribution in [0.3, 0.4) is 0 Å². The van der Waals surface area contributed by atoms with Crippen molar-refractivity contribution in [3.63, 3.8) is 0 Å². The van der Waals surface area contributed by atoms with Crippen molar-refractivity contribution in [3.8, 4) is 0 Å². The van der Waals surface area contributed by atoms with Crippen LogP contribution < -0.4 is 5.32 Å². The summed E-state index contributed by atoms with van der Waals surface area (Å²) in [6, 6.07) is 13.5. The van der Waals surface area contributed by atoms with E-state index in [4.69, 9.17) is 4.99 Å². The van der Waals surface area contributed by atoms with E-state index >= 15 is 0 Å². The first-order valence-electron chi connectivity index (χ1n) is 11.8. The van der Waals surface area contributed by atoms with Gasteiger partial charge in [0.2, 0.25) is 0 Å². The maximum absolute atomic E-state index is 5.07. The quantitative estimate of drug-likeness (QED) is 0.572. The summed E-state index contributed by atoms with van der Waals surface area (Å²) >= 11 is 0. The van der Waals surface area contributed by atoms with Gasteiger partial charge in [0.15, 0.2) is 0 Å². The van der Waals surface area contributed by atoms with E-state index in [1.165, 1.54) is 18.4 Å². The number of rotatable bonds is 5. The molecule has 2 aliphatic rings. The minimum absolute atomic E-state index is 0.607. The summed E-state index contributed by atoms with van der Waals surface area (Å²) in [5.41, 5.74) is 7.60. The Bertz CT molecular complexity index is 1190. The topological polar surface area (TPSA) is 45.5 Å². The molecule has 0 spiro atoms. The average Bonchev–Trinajstić information content (AvgIpc) is 3.43. The Morgan fingerprint density at radius 2 is 2.12 bits per heavy atom. The second kappa shape index (κ2) is 8.55. The van der Waals surface area contributed by atoms with E-state index in [0.29, 0.717) is 6.04 Å². The summed E-state index contributed by atoms with van der Waals surface area (Å²) in [7, 11) is 0. The minimum Gasteiger partial charge on any atom is -0.370 e. The number of aryl methyl sites for hydroxylation is 2. The predicted molar refractivity (Wildman–Crippen MR) is 134 cm³/mol. The Balaban J connectivity index is 1.44. The number of benzene rings is 1. The highest BCUT2D eigenvalue weighted by Gasteiger charge is 2.33. The Morgan fingerprint density at radius 3 is 2.97 bits per heavy atom. The van der Waals surface area contributed by atoms with E-state index in [2.05, 4.69) is 77.4 Å². The van der Waals surface area contributed by atoms with Crippen LogP contribution in [-0.2, 0) is 6.54 Å². The lowest BCUT2D eigenvalue weighted by atomic mass is 9.92. The van der Waals surface area contributed by atoms with Crippen LogP contribution in [0, 0.1) is 12.8 Å². The Hall–Kier alpha value is -2.92. The van der Waals surface area contributed by atoms with Crippen LogP contribution >= 0.6 is 0 Å². The SMILES string of the molecule is C=C(c1ccc(C)c(/N=C(\C)c2cc3cccnc3n2CC)c1)N1CCC2CCNC2C1. The standard InChI is InChI=1S/C27H33N5/c1-5-32-26(16-23-7-6-12-29-27(23)32)19(3)30-24-15-22(9-8-18(24)2)20(4)31-14-11-21-10-13-28-25(21)17-31/h6-9,12,15-16,21,25,28H,4-5,10-11,13-14,17H2,1-3H3/b30-19+. The molecule has 2 unspecified atom stereocenters. The largest absolute Gasteiger partial charge is 0.370 e. The number of nitrogens with zero attached hydrogens (tertiary/aromatic N) is 4. The van der Waals surface area contributed by atoms with Gasteiger partial charge in [0.25, 0.3) is 0 Å².